The molecule has 0 aliphatic rings. The fourth-order valence-electron chi connectivity index (χ4n) is 2.98. The van der Waals surface area contributed by atoms with E-state index in [2.05, 4.69) is 15.7 Å². The highest BCUT2D eigenvalue weighted by Gasteiger charge is 2.13. The Morgan fingerprint density at radius 1 is 0.966 bits per heavy atom. The van der Waals surface area contributed by atoms with Gasteiger partial charge >= 0.3 is 0 Å². The summed E-state index contributed by atoms with van der Waals surface area (Å²) in [5.74, 6) is 0.121. The second-order valence-electron chi connectivity index (χ2n) is 6.35. The maximum Gasteiger partial charge on any atom is 0.280 e. The van der Waals surface area contributed by atoms with Gasteiger partial charge in [0.1, 0.15) is 6.54 Å². The van der Waals surface area contributed by atoms with E-state index < -0.39 is 0 Å². The zero-order valence-electron chi connectivity index (χ0n) is 15.3. The molecule has 6 nitrogen and oxygen atoms in total. The van der Waals surface area contributed by atoms with E-state index in [9.17, 15) is 9.59 Å². The third kappa shape index (κ3) is 4.12. The zero-order valence-corrected chi connectivity index (χ0v) is 16.1. The third-order valence-corrected chi connectivity index (χ3v) is 4.55. The maximum absolute atomic E-state index is 13.0. The number of rotatable bonds is 5. The minimum atomic E-state index is -0.314. The average Bonchev–Trinajstić information content (AvgIpc) is 2.73. The van der Waals surface area contributed by atoms with Crippen LogP contribution in [0.25, 0.3) is 22.3 Å². The second-order valence-corrected chi connectivity index (χ2v) is 6.79. The summed E-state index contributed by atoms with van der Waals surface area (Å²) >= 11 is 5.95. The third-order valence-electron chi connectivity index (χ3n) is 4.31. The number of fused-ring (bicyclic) bond motifs is 1. The van der Waals surface area contributed by atoms with Crippen molar-refractivity contribution in [3.8, 4) is 11.4 Å². The van der Waals surface area contributed by atoms with Gasteiger partial charge in [-0.1, -0.05) is 60.1 Å². The lowest BCUT2D eigenvalue weighted by molar-refractivity contribution is -0.114. The molecule has 3 aromatic carbocycles. The first kappa shape index (κ1) is 18.7. The number of carbonyl (C=O) groups excluding carboxylic acids is 1. The molecule has 4 aromatic rings. The molecule has 1 amide bonds. The second kappa shape index (κ2) is 8.16. The van der Waals surface area contributed by atoms with Crippen LogP contribution in [0.15, 0.2) is 83.7 Å². The highest BCUT2D eigenvalue weighted by molar-refractivity contribution is 6.30. The van der Waals surface area contributed by atoms with Crippen molar-refractivity contribution < 1.29 is 4.79 Å². The van der Waals surface area contributed by atoms with Gasteiger partial charge < -0.3 is 10.7 Å². The van der Waals surface area contributed by atoms with Crippen molar-refractivity contribution >= 4 is 34.1 Å². The number of halogens is 1. The normalized spacial score (nSPS) is 10.7. The molecule has 0 unspecified atom stereocenters. The number of benzene rings is 3. The highest BCUT2D eigenvalue weighted by Crippen LogP contribution is 2.18. The van der Waals surface area contributed by atoms with Gasteiger partial charge in [-0.05, 0) is 30.3 Å². The van der Waals surface area contributed by atoms with Crippen molar-refractivity contribution in [1.82, 2.24) is 9.66 Å². The van der Waals surface area contributed by atoms with E-state index in [1.807, 2.05) is 36.4 Å². The molecule has 0 saturated carbocycles. The Morgan fingerprint density at radius 2 is 1.72 bits per heavy atom. The molecule has 4 rings (SSSR count). The van der Waals surface area contributed by atoms with Gasteiger partial charge in [0.15, 0.2) is 5.82 Å². The van der Waals surface area contributed by atoms with Crippen LogP contribution >= 0.6 is 11.6 Å². The monoisotopic (exact) mass is 404 g/mol. The smallest absolute Gasteiger partial charge is 0.280 e. The molecule has 0 bridgehead atoms. The summed E-state index contributed by atoms with van der Waals surface area (Å²) in [5.41, 5.74) is 4.57. The minimum Gasteiger partial charge on any atom is -0.324 e. The SMILES string of the molecule is O=C(CNn1c(-c2ccccc2)nc2ccccc2c1=O)Nc1cccc(Cl)c1. The molecule has 0 saturated heterocycles. The van der Waals surface area contributed by atoms with Gasteiger partial charge in [0.2, 0.25) is 5.91 Å². The van der Waals surface area contributed by atoms with Crippen molar-refractivity contribution in [1.29, 1.82) is 0 Å². The number of amides is 1. The predicted octanol–water partition coefficient (Wildman–Crippen LogP) is 3.90. The number of hydrogen-bond acceptors (Lipinski definition) is 4. The van der Waals surface area contributed by atoms with Crippen LogP contribution in [0.5, 0.6) is 0 Å². The largest absolute Gasteiger partial charge is 0.324 e. The molecule has 0 spiro atoms. The number of aromatic nitrogens is 2. The minimum absolute atomic E-state index is 0.119. The molecule has 0 atom stereocenters. The topological polar surface area (TPSA) is 76.0 Å². The standard InChI is InChI=1S/C22H17ClN4O2/c23-16-9-6-10-17(13-16)25-20(28)14-24-27-21(15-7-2-1-3-8-15)26-19-12-5-4-11-18(19)22(27)29/h1-13,24H,14H2,(H,25,28). The molecule has 0 aliphatic carbocycles. The number of nitrogens with zero attached hydrogens (tertiary/aromatic N) is 2. The van der Waals surface area contributed by atoms with Crippen molar-refractivity contribution in [2.24, 2.45) is 0 Å². The average molecular weight is 405 g/mol. The van der Waals surface area contributed by atoms with E-state index in [1.54, 1.807) is 42.5 Å². The van der Waals surface area contributed by atoms with Crippen molar-refractivity contribution in [3.05, 3.63) is 94.2 Å². The molecule has 0 fully saturated rings. The number of carbonyl (C=O) groups is 1. The number of hydrogen-bond donors (Lipinski definition) is 2. The molecule has 29 heavy (non-hydrogen) atoms. The molecular formula is C22H17ClN4O2. The summed E-state index contributed by atoms with van der Waals surface area (Å²) in [7, 11) is 0. The van der Waals surface area contributed by atoms with E-state index in [0.29, 0.717) is 27.4 Å². The molecule has 0 aliphatic heterocycles. The van der Waals surface area contributed by atoms with Crippen LogP contribution < -0.4 is 16.3 Å². The van der Waals surface area contributed by atoms with Crippen LogP contribution in [0, 0.1) is 0 Å². The Bertz CT molecular complexity index is 1240. The van der Waals surface area contributed by atoms with Crippen molar-refractivity contribution in [2.45, 2.75) is 0 Å². The Labute approximate surface area is 171 Å². The summed E-state index contributed by atoms with van der Waals surface area (Å²) in [5, 5.41) is 3.74. The summed E-state index contributed by atoms with van der Waals surface area (Å²) in [6.45, 7) is -0.119. The van der Waals surface area contributed by atoms with Gasteiger partial charge in [-0.15, -0.1) is 0 Å². The van der Waals surface area contributed by atoms with E-state index in [0.717, 1.165) is 5.56 Å². The summed E-state index contributed by atoms with van der Waals surface area (Å²) < 4.78 is 1.31. The Morgan fingerprint density at radius 3 is 2.52 bits per heavy atom. The van der Waals surface area contributed by atoms with Crippen LogP contribution in [-0.4, -0.2) is 22.1 Å². The van der Waals surface area contributed by atoms with Gasteiger partial charge in [0, 0.05) is 16.3 Å². The van der Waals surface area contributed by atoms with Crippen LogP contribution in [0.3, 0.4) is 0 Å². The van der Waals surface area contributed by atoms with Crippen LogP contribution in [0.1, 0.15) is 0 Å². The maximum atomic E-state index is 13.0. The van der Waals surface area contributed by atoms with E-state index >= 15 is 0 Å². The first-order valence-electron chi connectivity index (χ1n) is 8.98. The molecule has 7 heteroatoms. The Hall–Kier alpha value is -3.64. The first-order valence-corrected chi connectivity index (χ1v) is 9.36. The molecule has 144 valence electrons. The zero-order chi connectivity index (χ0) is 20.2. The van der Waals surface area contributed by atoms with E-state index in [-0.39, 0.29) is 18.0 Å². The number of para-hydroxylation sites is 1. The van der Waals surface area contributed by atoms with Crippen molar-refractivity contribution in [2.75, 3.05) is 17.3 Å². The summed E-state index contributed by atoms with van der Waals surface area (Å²) in [6.07, 6.45) is 0. The lowest BCUT2D eigenvalue weighted by Crippen LogP contribution is -2.36. The van der Waals surface area contributed by atoms with Crippen LogP contribution in [0.4, 0.5) is 5.69 Å². The molecule has 1 heterocycles. The van der Waals surface area contributed by atoms with Gasteiger partial charge in [-0.3, -0.25) is 9.59 Å². The van der Waals surface area contributed by atoms with Gasteiger partial charge in [0.25, 0.3) is 5.56 Å². The molecule has 1 aromatic heterocycles. The summed E-state index contributed by atoms with van der Waals surface area (Å²) in [6, 6.07) is 23.3. The van der Waals surface area contributed by atoms with Gasteiger partial charge in [-0.25, -0.2) is 9.66 Å². The van der Waals surface area contributed by atoms with Gasteiger partial charge in [0.05, 0.1) is 10.9 Å². The predicted molar refractivity (Wildman–Crippen MR) is 116 cm³/mol. The fraction of sp³-hybridized carbons (Fsp3) is 0.0455. The molecule has 0 radical (unpaired) electrons. The summed E-state index contributed by atoms with van der Waals surface area (Å²) in [4.78, 5) is 30.0. The van der Waals surface area contributed by atoms with Crippen LogP contribution in [0.2, 0.25) is 5.02 Å². The Balaban J connectivity index is 1.66. The number of anilines is 1. The molecular weight excluding hydrogens is 388 g/mol. The fourth-order valence-corrected chi connectivity index (χ4v) is 3.17. The van der Waals surface area contributed by atoms with Gasteiger partial charge in [-0.2, -0.15) is 0 Å². The lowest BCUT2D eigenvalue weighted by Gasteiger charge is -2.15. The van der Waals surface area contributed by atoms with E-state index in [4.69, 9.17) is 11.6 Å². The number of nitrogens with one attached hydrogen (secondary N) is 2. The van der Waals surface area contributed by atoms with Crippen molar-refractivity contribution in [3.63, 3.8) is 0 Å². The lowest BCUT2D eigenvalue weighted by atomic mass is 10.2. The first-order chi connectivity index (χ1) is 14.1. The van der Waals surface area contributed by atoms with Crippen LogP contribution in [-0.2, 0) is 4.79 Å². The molecule has 2 N–H and O–H groups in total. The Kier molecular flexibility index (Phi) is 5.27. The quantitative estimate of drug-likeness (QED) is 0.529. The van der Waals surface area contributed by atoms with E-state index in [1.165, 1.54) is 4.68 Å². The highest BCUT2D eigenvalue weighted by atomic mass is 35.5.